The van der Waals surface area contributed by atoms with E-state index < -0.39 is 18.2 Å². The number of esters is 1. The predicted molar refractivity (Wildman–Crippen MR) is 250 cm³/mol. The van der Waals surface area contributed by atoms with Gasteiger partial charge in [0, 0.05) is 6.42 Å². The third-order valence-electron chi connectivity index (χ3n) is 10.6. The van der Waals surface area contributed by atoms with Crippen molar-refractivity contribution in [2.24, 2.45) is 0 Å². The number of aliphatic hydroxyl groups is 2. The van der Waals surface area contributed by atoms with Crippen LogP contribution in [0.5, 0.6) is 0 Å². The highest BCUT2D eigenvalue weighted by molar-refractivity contribution is 5.77. The second-order valence-corrected chi connectivity index (χ2v) is 16.2. The molecule has 0 bridgehead atoms. The van der Waals surface area contributed by atoms with Crippen LogP contribution in [0.25, 0.3) is 0 Å². The molecule has 334 valence electrons. The van der Waals surface area contributed by atoms with Gasteiger partial charge in [-0.1, -0.05) is 203 Å². The normalized spacial score (nSPS) is 13.9. The molecule has 0 aliphatic carbocycles. The lowest BCUT2D eigenvalue weighted by molar-refractivity contribution is -0.151. The second-order valence-electron chi connectivity index (χ2n) is 16.2. The summed E-state index contributed by atoms with van der Waals surface area (Å²) in [6, 6.07) is -0.715. The minimum atomic E-state index is -0.799. The third kappa shape index (κ3) is 40.1. The quantitative estimate of drug-likeness (QED) is 0.0247. The number of carbonyl (C=O) groups excluding carboxylic acids is 2. The Hall–Kier alpha value is -2.70. The van der Waals surface area contributed by atoms with Crippen molar-refractivity contribution in [3.63, 3.8) is 0 Å². The minimum Gasteiger partial charge on any atom is -0.462 e. The van der Waals surface area contributed by atoms with Gasteiger partial charge >= 0.3 is 5.97 Å². The summed E-state index contributed by atoms with van der Waals surface area (Å²) in [6.45, 7) is 6.21. The number of rotatable bonds is 42. The van der Waals surface area contributed by atoms with Crippen molar-refractivity contribution >= 4 is 11.9 Å². The van der Waals surface area contributed by atoms with Crippen molar-refractivity contribution in [1.29, 1.82) is 0 Å². The Morgan fingerprint density at radius 1 is 0.534 bits per heavy atom. The summed E-state index contributed by atoms with van der Waals surface area (Å²) in [7, 11) is 0. The Morgan fingerprint density at radius 2 is 1.02 bits per heavy atom. The maximum absolute atomic E-state index is 13.2. The fourth-order valence-electron chi connectivity index (χ4n) is 6.97. The van der Waals surface area contributed by atoms with Crippen LogP contribution in [0.3, 0.4) is 0 Å². The van der Waals surface area contributed by atoms with Crippen molar-refractivity contribution in [1.82, 2.24) is 5.32 Å². The van der Waals surface area contributed by atoms with E-state index in [1.807, 2.05) is 0 Å². The molecule has 0 aliphatic heterocycles. The van der Waals surface area contributed by atoms with Gasteiger partial charge in [0.1, 0.15) is 6.10 Å². The number of aliphatic hydroxyl groups excluding tert-OH is 2. The number of unbranched alkanes of at least 4 members (excludes halogenated alkanes) is 20. The van der Waals surface area contributed by atoms with Crippen LogP contribution in [0.15, 0.2) is 72.9 Å². The van der Waals surface area contributed by atoms with E-state index in [-0.39, 0.29) is 24.9 Å². The molecule has 0 aromatic heterocycles. The molecule has 3 N–H and O–H groups in total. The molecule has 6 nitrogen and oxygen atoms in total. The van der Waals surface area contributed by atoms with Crippen LogP contribution in [0.4, 0.5) is 0 Å². The van der Waals surface area contributed by atoms with Gasteiger partial charge in [0.25, 0.3) is 0 Å². The summed E-state index contributed by atoms with van der Waals surface area (Å²) < 4.78 is 5.90. The highest BCUT2D eigenvalue weighted by Crippen LogP contribution is 2.17. The molecule has 0 saturated heterocycles. The zero-order valence-corrected chi connectivity index (χ0v) is 37.9. The van der Waals surface area contributed by atoms with Crippen LogP contribution in [0, 0.1) is 0 Å². The van der Waals surface area contributed by atoms with Gasteiger partial charge in [0.15, 0.2) is 0 Å². The van der Waals surface area contributed by atoms with Gasteiger partial charge in [-0.05, 0) is 77.0 Å². The lowest BCUT2D eigenvalue weighted by Crippen LogP contribution is -2.46. The van der Waals surface area contributed by atoms with Gasteiger partial charge in [-0.2, -0.15) is 0 Å². The number of carbonyl (C=O) groups is 2. The van der Waals surface area contributed by atoms with Crippen LogP contribution < -0.4 is 5.32 Å². The fraction of sp³-hybridized carbons (Fsp3) is 0.731. The lowest BCUT2D eigenvalue weighted by atomic mass is 10.0. The fourth-order valence-corrected chi connectivity index (χ4v) is 6.97. The zero-order valence-electron chi connectivity index (χ0n) is 37.9. The van der Waals surface area contributed by atoms with Crippen molar-refractivity contribution in [2.45, 2.75) is 238 Å². The second kappa shape index (κ2) is 45.4. The number of nitrogens with one attached hydrogen (secondary N) is 1. The van der Waals surface area contributed by atoms with Gasteiger partial charge in [0.05, 0.1) is 25.2 Å². The summed E-state index contributed by atoms with van der Waals surface area (Å²) >= 11 is 0. The summed E-state index contributed by atoms with van der Waals surface area (Å²) in [4.78, 5) is 26.1. The van der Waals surface area contributed by atoms with Gasteiger partial charge < -0.3 is 20.3 Å². The van der Waals surface area contributed by atoms with Crippen molar-refractivity contribution in [3.05, 3.63) is 72.9 Å². The van der Waals surface area contributed by atoms with E-state index >= 15 is 0 Å². The monoisotopic (exact) mass is 810 g/mol. The first-order valence-electron chi connectivity index (χ1n) is 24.2. The molecule has 0 aliphatic rings. The van der Waals surface area contributed by atoms with Crippen molar-refractivity contribution in [2.75, 3.05) is 6.61 Å². The molecule has 0 heterocycles. The highest BCUT2D eigenvalue weighted by Gasteiger charge is 2.24. The molecule has 0 rings (SSSR count). The van der Waals surface area contributed by atoms with Gasteiger partial charge in [-0.25, -0.2) is 0 Å². The Kier molecular flexibility index (Phi) is 43.3. The molecule has 0 aromatic rings. The van der Waals surface area contributed by atoms with E-state index in [2.05, 4.69) is 99.0 Å². The van der Waals surface area contributed by atoms with E-state index in [0.717, 1.165) is 116 Å². The van der Waals surface area contributed by atoms with E-state index in [9.17, 15) is 19.8 Å². The zero-order chi connectivity index (χ0) is 42.4. The molecule has 3 unspecified atom stereocenters. The Labute approximate surface area is 358 Å². The van der Waals surface area contributed by atoms with Crippen molar-refractivity contribution < 1.29 is 24.5 Å². The number of amides is 1. The minimum absolute atomic E-state index is 0.0519. The molecular formula is C52H91NO5. The first-order valence-corrected chi connectivity index (χ1v) is 24.2. The first-order chi connectivity index (χ1) is 28.5. The van der Waals surface area contributed by atoms with Crippen LogP contribution in [-0.4, -0.2) is 46.9 Å². The standard InChI is InChI=1S/C52H91NO5/c1-4-7-10-13-16-19-22-25-27-30-33-36-39-42-45-52(57)58-48(43-40-37-34-31-28-26-23-20-17-14-11-8-5-2)46-51(56)53-49(47-54)50(55)44-41-38-35-32-29-24-21-18-15-12-9-6-3/h7-8,10-11,14,16-17,19-20,23,25,27,48-50,54-55H,4-6,9,12-13,15,18,21-22,24,26,28-47H2,1-3H3,(H,53,56)/b10-7+,11-8+,17-14+,19-16+,23-20+,27-25+. The van der Waals surface area contributed by atoms with Crippen LogP contribution in [-0.2, 0) is 14.3 Å². The molecule has 0 aromatic carbocycles. The Morgan fingerprint density at radius 3 is 1.60 bits per heavy atom. The molecule has 0 radical (unpaired) electrons. The third-order valence-corrected chi connectivity index (χ3v) is 10.6. The number of allylic oxidation sites excluding steroid dienone is 12. The maximum atomic E-state index is 13.2. The van der Waals surface area contributed by atoms with E-state index in [1.165, 1.54) is 57.8 Å². The molecule has 3 atom stereocenters. The summed E-state index contributed by atoms with van der Waals surface area (Å²) in [6.07, 6.45) is 56.7. The molecule has 0 fully saturated rings. The largest absolute Gasteiger partial charge is 0.462 e. The SMILES string of the molecule is CC/C=C/C=C/C=C/CCCCCCCC(CC(=O)NC(CO)C(O)CCCCCCCCCCCCCC)OC(=O)CCCCCC/C=C/C/C=C/C/C=C/CC. The summed E-state index contributed by atoms with van der Waals surface area (Å²) in [5.41, 5.74) is 0. The number of hydrogen-bond acceptors (Lipinski definition) is 5. The van der Waals surface area contributed by atoms with Crippen molar-refractivity contribution in [3.8, 4) is 0 Å². The van der Waals surface area contributed by atoms with Gasteiger partial charge in [0.2, 0.25) is 5.91 Å². The topological polar surface area (TPSA) is 95.9 Å². The molecule has 1 amide bonds. The lowest BCUT2D eigenvalue weighted by Gasteiger charge is -2.24. The van der Waals surface area contributed by atoms with E-state index in [4.69, 9.17) is 4.74 Å². The van der Waals surface area contributed by atoms with Gasteiger partial charge in [-0.3, -0.25) is 9.59 Å². The average molecular weight is 810 g/mol. The smallest absolute Gasteiger partial charge is 0.306 e. The Bertz CT molecular complexity index is 1090. The highest BCUT2D eigenvalue weighted by atomic mass is 16.5. The van der Waals surface area contributed by atoms with Gasteiger partial charge in [-0.15, -0.1) is 0 Å². The van der Waals surface area contributed by atoms with Crippen LogP contribution >= 0.6 is 0 Å². The molecule has 58 heavy (non-hydrogen) atoms. The first kappa shape index (κ1) is 55.3. The number of hydrogen-bond donors (Lipinski definition) is 3. The van der Waals surface area contributed by atoms with Crippen LogP contribution in [0.1, 0.15) is 220 Å². The summed E-state index contributed by atoms with van der Waals surface area (Å²) in [5.74, 6) is -0.525. The predicted octanol–water partition coefficient (Wildman–Crippen LogP) is 14.2. The molecule has 6 heteroatoms. The number of ether oxygens (including phenoxy) is 1. The Balaban J connectivity index is 4.66. The maximum Gasteiger partial charge on any atom is 0.306 e. The molecular weight excluding hydrogens is 719 g/mol. The molecule has 0 saturated carbocycles. The summed E-state index contributed by atoms with van der Waals surface area (Å²) in [5, 5.41) is 23.7. The average Bonchev–Trinajstić information content (AvgIpc) is 3.22. The van der Waals surface area contributed by atoms with Crippen LogP contribution in [0.2, 0.25) is 0 Å². The molecule has 0 spiro atoms. The van der Waals surface area contributed by atoms with E-state index in [0.29, 0.717) is 19.3 Å². The van der Waals surface area contributed by atoms with E-state index in [1.54, 1.807) is 0 Å².